The van der Waals surface area contributed by atoms with Gasteiger partial charge in [0.15, 0.2) is 12.7 Å². The smallest absolute Gasteiger partial charge is 0.338 e. The van der Waals surface area contributed by atoms with E-state index in [-0.39, 0.29) is 18.6 Å². The minimum atomic E-state index is -0.813. The highest BCUT2D eigenvalue weighted by molar-refractivity contribution is 5.89. The van der Waals surface area contributed by atoms with Gasteiger partial charge in [-0.05, 0) is 61.2 Å². The fourth-order valence-corrected chi connectivity index (χ4v) is 2.61. The van der Waals surface area contributed by atoms with Gasteiger partial charge in [0.1, 0.15) is 11.5 Å². The maximum Gasteiger partial charge on any atom is 0.338 e. The van der Waals surface area contributed by atoms with Crippen LogP contribution in [0.2, 0.25) is 0 Å². The van der Waals surface area contributed by atoms with Crippen LogP contribution in [0.4, 0.5) is 0 Å². The van der Waals surface area contributed by atoms with Gasteiger partial charge in [0.25, 0.3) is 11.8 Å². The van der Waals surface area contributed by atoms with E-state index < -0.39 is 23.9 Å². The molecule has 0 saturated heterocycles. The van der Waals surface area contributed by atoms with Crippen molar-refractivity contribution in [3.05, 3.63) is 59.7 Å². The fraction of sp³-hybridized carbons (Fsp3) is 0.375. The molecule has 0 saturated carbocycles. The van der Waals surface area contributed by atoms with Gasteiger partial charge in [-0.25, -0.2) is 4.79 Å². The molecule has 0 radical (unpaired) electrons. The topological polar surface area (TPSA) is 103 Å². The number of hydrazine groups is 1. The lowest BCUT2D eigenvalue weighted by Gasteiger charge is -2.20. The van der Waals surface area contributed by atoms with Crippen LogP contribution in [-0.2, 0) is 19.7 Å². The highest BCUT2D eigenvalue weighted by atomic mass is 16.5. The molecule has 8 nitrogen and oxygen atoms in total. The van der Waals surface area contributed by atoms with Crippen molar-refractivity contribution in [2.75, 3.05) is 13.2 Å². The highest BCUT2D eigenvalue weighted by Crippen LogP contribution is 2.24. The van der Waals surface area contributed by atoms with Gasteiger partial charge in [-0.2, -0.15) is 0 Å². The highest BCUT2D eigenvalue weighted by Gasteiger charge is 2.17. The molecule has 0 aliphatic rings. The van der Waals surface area contributed by atoms with Crippen LogP contribution in [0, 0.1) is 0 Å². The zero-order valence-electron chi connectivity index (χ0n) is 19.1. The van der Waals surface area contributed by atoms with Crippen LogP contribution in [0.1, 0.15) is 50.5 Å². The first-order chi connectivity index (χ1) is 15.1. The molecule has 0 heterocycles. The molecule has 0 bridgehead atoms. The van der Waals surface area contributed by atoms with Crippen LogP contribution in [-0.4, -0.2) is 37.1 Å². The Labute approximate surface area is 188 Å². The minimum Gasteiger partial charge on any atom is -0.484 e. The molecule has 172 valence electrons. The zero-order chi connectivity index (χ0) is 23.7. The summed E-state index contributed by atoms with van der Waals surface area (Å²) in [6.45, 7) is 9.63. The Morgan fingerprint density at radius 3 is 2.06 bits per heavy atom. The number of nitrogens with one attached hydrogen (secondary N) is 2. The molecule has 0 aromatic heterocycles. The predicted molar refractivity (Wildman–Crippen MR) is 119 cm³/mol. The molecule has 2 aromatic rings. The SMILES string of the molecule is CCOC(=O)c1ccc(OCC(=O)NNC(=O)C(C)Oc2ccc(C(C)(C)C)cc2)cc1. The molecular formula is C24H30N2O6. The average molecular weight is 443 g/mol. The second-order valence-corrected chi connectivity index (χ2v) is 8.11. The monoisotopic (exact) mass is 442 g/mol. The number of carbonyl (C=O) groups is 3. The molecule has 1 atom stereocenters. The second kappa shape index (κ2) is 11.2. The van der Waals surface area contributed by atoms with Gasteiger partial charge in [0, 0.05) is 0 Å². The van der Waals surface area contributed by atoms with Crippen molar-refractivity contribution in [3.63, 3.8) is 0 Å². The number of benzene rings is 2. The number of amides is 2. The summed E-state index contributed by atoms with van der Waals surface area (Å²) in [5.41, 5.74) is 6.15. The van der Waals surface area contributed by atoms with E-state index >= 15 is 0 Å². The lowest BCUT2D eigenvalue weighted by atomic mass is 9.87. The van der Waals surface area contributed by atoms with Crippen molar-refractivity contribution in [1.29, 1.82) is 0 Å². The van der Waals surface area contributed by atoms with Crippen LogP contribution < -0.4 is 20.3 Å². The first kappa shape index (κ1) is 24.7. The third kappa shape index (κ3) is 7.61. The minimum absolute atomic E-state index is 0.0246. The Kier molecular flexibility index (Phi) is 8.63. The van der Waals surface area contributed by atoms with E-state index in [9.17, 15) is 14.4 Å². The Morgan fingerprint density at radius 2 is 1.50 bits per heavy atom. The Bertz CT molecular complexity index is 917. The van der Waals surface area contributed by atoms with Gasteiger partial charge in [0.2, 0.25) is 0 Å². The van der Waals surface area contributed by atoms with E-state index in [1.165, 1.54) is 0 Å². The van der Waals surface area contributed by atoms with Crippen molar-refractivity contribution in [3.8, 4) is 11.5 Å². The first-order valence-electron chi connectivity index (χ1n) is 10.4. The third-order valence-electron chi connectivity index (χ3n) is 4.46. The molecule has 2 amide bonds. The summed E-state index contributed by atoms with van der Waals surface area (Å²) in [5.74, 6) is -0.524. The van der Waals surface area contributed by atoms with E-state index in [1.54, 1.807) is 38.1 Å². The van der Waals surface area contributed by atoms with Crippen molar-refractivity contribution in [1.82, 2.24) is 10.9 Å². The van der Waals surface area contributed by atoms with E-state index in [1.807, 2.05) is 24.3 Å². The summed E-state index contributed by atoms with van der Waals surface area (Å²) in [6.07, 6.45) is -0.813. The summed E-state index contributed by atoms with van der Waals surface area (Å²) < 4.78 is 15.9. The molecule has 0 aliphatic carbocycles. The number of esters is 1. The van der Waals surface area contributed by atoms with Crippen LogP contribution in [0.5, 0.6) is 11.5 Å². The molecule has 32 heavy (non-hydrogen) atoms. The Balaban J connectivity index is 1.75. The summed E-state index contributed by atoms with van der Waals surface area (Å²) >= 11 is 0. The summed E-state index contributed by atoms with van der Waals surface area (Å²) in [5, 5.41) is 0. The van der Waals surface area contributed by atoms with Gasteiger partial charge in [0.05, 0.1) is 12.2 Å². The summed E-state index contributed by atoms with van der Waals surface area (Å²) in [6, 6.07) is 13.7. The quantitative estimate of drug-likeness (QED) is 0.481. The Hall–Kier alpha value is -3.55. The second-order valence-electron chi connectivity index (χ2n) is 8.11. The number of hydrogen-bond donors (Lipinski definition) is 2. The van der Waals surface area contributed by atoms with Crippen LogP contribution >= 0.6 is 0 Å². The lowest BCUT2D eigenvalue weighted by Crippen LogP contribution is -2.48. The van der Waals surface area contributed by atoms with E-state index in [0.29, 0.717) is 17.1 Å². The maximum absolute atomic E-state index is 12.2. The first-order valence-corrected chi connectivity index (χ1v) is 10.4. The fourth-order valence-electron chi connectivity index (χ4n) is 2.61. The molecule has 2 N–H and O–H groups in total. The predicted octanol–water partition coefficient (Wildman–Crippen LogP) is 3.15. The molecule has 8 heteroatoms. The van der Waals surface area contributed by atoms with E-state index in [4.69, 9.17) is 14.2 Å². The van der Waals surface area contributed by atoms with Gasteiger partial charge in [-0.15, -0.1) is 0 Å². The number of rotatable bonds is 8. The number of hydrogen-bond acceptors (Lipinski definition) is 6. The molecule has 1 unspecified atom stereocenters. The van der Waals surface area contributed by atoms with Gasteiger partial charge < -0.3 is 14.2 Å². The van der Waals surface area contributed by atoms with Crippen molar-refractivity contribution in [2.45, 2.75) is 46.1 Å². The molecular weight excluding hydrogens is 412 g/mol. The average Bonchev–Trinajstić information content (AvgIpc) is 2.76. The molecule has 2 rings (SSSR count). The molecule has 2 aromatic carbocycles. The summed E-state index contributed by atoms with van der Waals surface area (Å²) in [4.78, 5) is 35.7. The van der Waals surface area contributed by atoms with Crippen LogP contribution in [0.25, 0.3) is 0 Å². The molecule has 0 fully saturated rings. The van der Waals surface area contributed by atoms with Crippen molar-refractivity contribution >= 4 is 17.8 Å². The van der Waals surface area contributed by atoms with Gasteiger partial charge in [-0.1, -0.05) is 32.9 Å². The normalized spacial score (nSPS) is 11.8. The maximum atomic E-state index is 12.2. The lowest BCUT2D eigenvalue weighted by molar-refractivity contribution is -0.133. The Morgan fingerprint density at radius 1 is 0.906 bits per heavy atom. The van der Waals surface area contributed by atoms with Crippen LogP contribution in [0.3, 0.4) is 0 Å². The number of ether oxygens (including phenoxy) is 3. The third-order valence-corrected chi connectivity index (χ3v) is 4.46. The zero-order valence-corrected chi connectivity index (χ0v) is 19.1. The standard InChI is InChI=1S/C24H30N2O6/c1-6-30-23(29)17-7-11-19(12-8-17)31-15-21(27)25-26-22(28)16(2)32-20-13-9-18(10-14-20)24(3,4)5/h7-14,16H,6,15H2,1-5H3,(H,25,27)(H,26,28). The summed E-state index contributed by atoms with van der Waals surface area (Å²) in [7, 11) is 0. The van der Waals surface area contributed by atoms with E-state index in [2.05, 4.69) is 31.6 Å². The van der Waals surface area contributed by atoms with Gasteiger partial charge in [-0.3, -0.25) is 20.4 Å². The molecule has 0 spiro atoms. The van der Waals surface area contributed by atoms with Crippen molar-refractivity contribution in [2.24, 2.45) is 0 Å². The van der Waals surface area contributed by atoms with Crippen LogP contribution in [0.15, 0.2) is 48.5 Å². The largest absolute Gasteiger partial charge is 0.484 e. The van der Waals surface area contributed by atoms with E-state index in [0.717, 1.165) is 5.56 Å². The van der Waals surface area contributed by atoms with Gasteiger partial charge >= 0.3 is 5.97 Å². The van der Waals surface area contributed by atoms with Crippen molar-refractivity contribution < 1.29 is 28.6 Å². The number of carbonyl (C=O) groups excluding carboxylic acids is 3. The molecule has 0 aliphatic heterocycles.